The van der Waals surface area contributed by atoms with Gasteiger partial charge in [-0.05, 0) is 18.2 Å². The van der Waals surface area contributed by atoms with Gasteiger partial charge in [0.25, 0.3) is 0 Å². The number of hydrogen-bond acceptors (Lipinski definition) is 2. The van der Waals surface area contributed by atoms with E-state index in [0.717, 1.165) is 11.1 Å². The Hall–Kier alpha value is -1.48. The molecule has 0 unspecified atom stereocenters. The fourth-order valence-electron chi connectivity index (χ4n) is 1.14. The van der Waals surface area contributed by atoms with Gasteiger partial charge in [-0.1, -0.05) is 11.6 Å². The standard InChI is InChI=1S/C9H7ClN2O/c10-9-3-7(13)1-2-8(9)6-4-11-12-5-6/h1-5,13H,(H,11,12). The molecular weight excluding hydrogens is 188 g/mol. The maximum atomic E-state index is 9.13. The first-order valence-electron chi connectivity index (χ1n) is 3.75. The maximum Gasteiger partial charge on any atom is 0.117 e. The lowest BCUT2D eigenvalue weighted by Crippen LogP contribution is -1.75. The Morgan fingerprint density at radius 2 is 2.23 bits per heavy atom. The van der Waals surface area contributed by atoms with E-state index in [4.69, 9.17) is 16.7 Å². The van der Waals surface area contributed by atoms with E-state index in [0.29, 0.717) is 5.02 Å². The first kappa shape index (κ1) is 8.13. The number of nitrogens with zero attached hydrogens (tertiary/aromatic N) is 1. The number of H-pyrrole nitrogens is 1. The van der Waals surface area contributed by atoms with Crippen LogP contribution in [-0.4, -0.2) is 15.3 Å². The largest absolute Gasteiger partial charge is 0.508 e. The van der Waals surface area contributed by atoms with Crippen molar-refractivity contribution in [2.75, 3.05) is 0 Å². The molecule has 0 saturated carbocycles. The third-order valence-electron chi connectivity index (χ3n) is 1.76. The van der Waals surface area contributed by atoms with Gasteiger partial charge in [0.05, 0.1) is 11.2 Å². The second-order valence-electron chi connectivity index (χ2n) is 2.65. The summed E-state index contributed by atoms with van der Waals surface area (Å²) in [4.78, 5) is 0. The van der Waals surface area contributed by atoms with Crippen molar-refractivity contribution in [3.8, 4) is 16.9 Å². The zero-order valence-electron chi connectivity index (χ0n) is 6.66. The van der Waals surface area contributed by atoms with E-state index in [1.807, 2.05) is 0 Å². The summed E-state index contributed by atoms with van der Waals surface area (Å²) in [6.07, 6.45) is 3.43. The van der Waals surface area contributed by atoms with Gasteiger partial charge in [0, 0.05) is 17.3 Å². The van der Waals surface area contributed by atoms with E-state index in [2.05, 4.69) is 10.2 Å². The number of benzene rings is 1. The first-order valence-corrected chi connectivity index (χ1v) is 4.13. The SMILES string of the molecule is Oc1ccc(-c2cn[nH]c2)c(Cl)c1. The molecule has 1 aromatic carbocycles. The number of rotatable bonds is 1. The van der Waals surface area contributed by atoms with Crippen molar-refractivity contribution in [3.63, 3.8) is 0 Å². The average Bonchev–Trinajstić information content (AvgIpc) is 2.56. The van der Waals surface area contributed by atoms with Crippen LogP contribution in [0.3, 0.4) is 0 Å². The molecule has 0 bridgehead atoms. The number of halogens is 1. The van der Waals surface area contributed by atoms with Crippen molar-refractivity contribution in [3.05, 3.63) is 35.6 Å². The molecule has 2 aromatic rings. The summed E-state index contributed by atoms with van der Waals surface area (Å²) in [5, 5.41) is 16.2. The smallest absolute Gasteiger partial charge is 0.117 e. The highest BCUT2D eigenvalue weighted by atomic mass is 35.5. The van der Waals surface area contributed by atoms with Crippen LogP contribution in [0.1, 0.15) is 0 Å². The second kappa shape index (κ2) is 3.11. The average molecular weight is 195 g/mol. The summed E-state index contributed by atoms with van der Waals surface area (Å²) in [6, 6.07) is 4.85. The van der Waals surface area contributed by atoms with Crippen LogP contribution in [-0.2, 0) is 0 Å². The fourth-order valence-corrected chi connectivity index (χ4v) is 1.42. The van der Waals surface area contributed by atoms with Crippen molar-refractivity contribution < 1.29 is 5.11 Å². The molecular formula is C9H7ClN2O. The van der Waals surface area contributed by atoms with Gasteiger partial charge >= 0.3 is 0 Å². The third-order valence-corrected chi connectivity index (χ3v) is 2.07. The lowest BCUT2D eigenvalue weighted by Gasteiger charge is -2.00. The van der Waals surface area contributed by atoms with Crippen LogP contribution in [0.25, 0.3) is 11.1 Å². The van der Waals surface area contributed by atoms with Crippen molar-refractivity contribution in [2.45, 2.75) is 0 Å². The van der Waals surface area contributed by atoms with Gasteiger partial charge in [0.1, 0.15) is 5.75 Å². The number of nitrogens with one attached hydrogen (secondary N) is 1. The summed E-state index contributed by atoms with van der Waals surface area (Å²) in [5.41, 5.74) is 1.76. The van der Waals surface area contributed by atoms with E-state index < -0.39 is 0 Å². The molecule has 13 heavy (non-hydrogen) atoms. The van der Waals surface area contributed by atoms with Crippen molar-refractivity contribution in [1.82, 2.24) is 10.2 Å². The summed E-state index contributed by atoms with van der Waals surface area (Å²) < 4.78 is 0. The zero-order valence-corrected chi connectivity index (χ0v) is 7.42. The number of aromatic amines is 1. The molecule has 2 rings (SSSR count). The van der Waals surface area contributed by atoms with Crippen LogP contribution in [0, 0.1) is 0 Å². The number of hydrogen-bond donors (Lipinski definition) is 2. The van der Waals surface area contributed by atoms with Crippen molar-refractivity contribution >= 4 is 11.6 Å². The molecule has 0 radical (unpaired) electrons. The summed E-state index contributed by atoms with van der Waals surface area (Å²) in [7, 11) is 0. The predicted molar refractivity (Wildman–Crippen MR) is 50.7 cm³/mol. The fraction of sp³-hybridized carbons (Fsp3) is 0. The molecule has 0 aliphatic carbocycles. The van der Waals surface area contributed by atoms with Crippen LogP contribution in [0.4, 0.5) is 0 Å². The predicted octanol–water partition coefficient (Wildman–Crippen LogP) is 2.44. The number of aromatic hydroxyl groups is 1. The van der Waals surface area contributed by atoms with Crippen molar-refractivity contribution in [2.24, 2.45) is 0 Å². The summed E-state index contributed by atoms with van der Waals surface area (Å²) >= 11 is 5.92. The Morgan fingerprint density at radius 1 is 1.38 bits per heavy atom. The molecule has 0 aliphatic heterocycles. The molecule has 1 heterocycles. The Balaban J connectivity index is 2.53. The topological polar surface area (TPSA) is 48.9 Å². The van der Waals surface area contributed by atoms with Crippen molar-refractivity contribution in [1.29, 1.82) is 0 Å². The van der Waals surface area contributed by atoms with E-state index >= 15 is 0 Å². The Bertz CT molecular complexity index is 412. The van der Waals surface area contributed by atoms with Gasteiger partial charge < -0.3 is 5.11 Å². The normalized spacial score (nSPS) is 10.2. The van der Waals surface area contributed by atoms with Crippen LogP contribution in [0.5, 0.6) is 5.75 Å². The maximum absolute atomic E-state index is 9.13. The van der Waals surface area contributed by atoms with Gasteiger partial charge in [-0.25, -0.2) is 0 Å². The highest BCUT2D eigenvalue weighted by Crippen LogP contribution is 2.29. The van der Waals surface area contributed by atoms with Gasteiger partial charge in [-0.2, -0.15) is 5.10 Å². The zero-order chi connectivity index (χ0) is 9.26. The third kappa shape index (κ3) is 1.51. The van der Waals surface area contributed by atoms with E-state index in [-0.39, 0.29) is 5.75 Å². The van der Waals surface area contributed by atoms with Crippen LogP contribution in [0.2, 0.25) is 5.02 Å². The van der Waals surface area contributed by atoms with Crippen LogP contribution >= 0.6 is 11.6 Å². The highest BCUT2D eigenvalue weighted by Gasteiger charge is 2.04. The molecule has 4 heteroatoms. The van der Waals surface area contributed by atoms with Gasteiger partial charge in [-0.3, -0.25) is 5.10 Å². The minimum atomic E-state index is 0.164. The summed E-state index contributed by atoms with van der Waals surface area (Å²) in [5.74, 6) is 0.164. The number of phenols is 1. The minimum absolute atomic E-state index is 0.164. The highest BCUT2D eigenvalue weighted by molar-refractivity contribution is 6.33. The Labute approximate surface area is 80.0 Å². The molecule has 0 amide bonds. The first-order chi connectivity index (χ1) is 6.27. The minimum Gasteiger partial charge on any atom is -0.508 e. The molecule has 0 saturated heterocycles. The van der Waals surface area contributed by atoms with Gasteiger partial charge in [0.15, 0.2) is 0 Å². The van der Waals surface area contributed by atoms with Gasteiger partial charge in [-0.15, -0.1) is 0 Å². The quantitative estimate of drug-likeness (QED) is 0.733. The number of phenolic OH excluding ortho intramolecular Hbond substituents is 1. The summed E-state index contributed by atoms with van der Waals surface area (Å²) in [6.45, 7) is 0. The monoisotopic (exact) mass is 194 g/mol. The van der Waals surface area contributed by atoms with Gasteiger partial charge in [0.2, 0.25) is 0 Å². The molecule has 1 aromatic heterocycles. The lowest BCUT2D eigenvalue weighted by molar-refractivity contribution is 0.475. The van der Waals surface area contributed by atoms with Crippen LogP contribution < -0.4 is 0 Å². The second-order valence-corrected chi connectivity index (χ2v) is 3.06. The number of aromatic nitrogens is 2. The molecule has 0 aliphatic rings. The molecule has 0 atom stereocenters. The molecule has 66 valence electrons. The molecule has 2 N–H and O–H groups in total. The Morgan fingerprint density at radius 3 is 2.85 bits per heavy atom. The van der Waals surface area contributed by atoms with Crippen LogP contribution in [0.15, 0.2) is 30.6 Å². The molecule has 3 nitrogen and oxygen atoms in total. The molecule has 0 fully saturated rings. The van der Waals surface area contributed by atoms with E-state index in [9.17, 15) is 0 Å². The van der Waals surface area contributed by atoms with E-state index in [1.54, 1.807) is 24.5 Å². The molecule has 0 spiro atoms. The Kier molecular flexibility index (Phi) is 1.94. The lowest BCUT2D eigenvalue weighted by atomic mass is 10.1. The van der Waals surface area contributed by atoms with E-state index in [1.165, 1.54) is 6.07 Å².